The van der Waals surface area contributed by atoms with Crippen molar-refractivity contribution < 1.29 is 9.47 Å². The van der Waals surface area contributed by atoms with Gasteiger partial charge >= 0.3 is 0 Å². The maximum absolute atomic E-state index is 5.52. The van der Waals surface area contributed by atoms with E-state index in [1.54, 1.807) is 14.2 Å². The number of nitrogens with two attached hydrogens (primary N) is 1. The third kappa shape index (κ3) is 2.77. The molecule has 0 aliphatic carbocycles. The maximum atomic E-state index is 5.52. The van der Waals surface area contributed by atoms with Crippen molar-refractivity contribution in [3.05, 3.63) is 28.7 Å². The number of methoxy groups -OCH3 is 2. The number of halogens is 1. The molecule has 16 heavy (non-hydrogen) atoms. The second-order valence-electron chi connectivity index (χ2n) is 3.33. The molecule has 88 valence electrons. The maximum Gasteiger partial charge on any atom is 0.168 e. The number of benzene rings is 1. The summed E-state index contributed by atoms with van der Waals surface area (Å²) in [4.78, 5) is 0. The molecule has 0 fully saturated rings. The smallest absolute Gasteiger partial charge is 0.168 e. The van der Waals surface area contributed by atoms with Crippen molar-refractivity contribution in [2.45, 2.75) is 6.42 Å². The minimum Gasteiger partial charge on any atom is -0.493 e. The molecule has 0 atom stereocenters. The molecule has 0 unspecified atom stereocenters. The van der Waals surface area contributed by atoms with Crippen molar-refractivity contribution in [3.63, 3.8) is 0 Å². The average Bonchev–Trinajstić information content (AvgIpc) is 2.28. The molecule has 0 amide bonds. The molecule has 4 heteroatoms. The Balaban J connectivity index is 3.24. The lowest BCUT2D eigenvalue weighted by Gasteiger charge is -2.14. The minimum atomic E-state index is 0.566. The van der Waals surface area contributed by atoms with Crippen molar-refractivity contribution in [2.75, 3.05) is 20.8 Å². The van der Waals surface area contributed by atoms with Gasteiger partial charge in [0.05, 0.1) is 14.2 Å². The van der Waals surface area contributed by atoms with E-state index in [0.29, 0.717) is 18.0 Å². The van der Waals surface area contributed by atoms with Crippen LogP contribution in [0.4, 0.5) is 0 Å². The lowest BCUT2D eigenvalue weighted by molar-refractivity contribution is 0.354. The lowest BCUT2D eigenvalue weighted by Crippen LogP contribution is -2.01. The van der Waals surface area contributed by atoms with E-state index in [2.05, 4.69) is 22.5 Å². The Bertz CT molecular complexity index is 391. The molecule has 0 aliphatic heterocycles. The van der Waals surface area contributed by atoms with Gasteiger partial charge in [0, 0.05) is 10.0 Å². The highest BCUT2D eigenvalue weighted by Crippen LogP contribution is 2.38. The van der Waals surface area contributed by atoms with E-state index in [1.807, 2.05) is 12.1 Å². The SMILES string of the molecule is C=C(CCN)c1cc(Br)cc(OC)c1OC. The molecule has 1 aromatic rings. The zero-order chi connectivity index (χ0) is 12.1. The fraction of sp³-hybridized carbons (Fsp3) is 0.333. The summed E-state index contributed by atoms with van der Waals surface area (Å²) in [6.45, 7) is 4.57. The Hall–Kier alpha value is -1.00. The number of rotatable bonds is 5. The van der Waals surface area contributed by atoms with Crippen molar-refractivity contribution in [1.82, 2.24) is 0 Å². The largest absolute Gasteiger partial charge is 0.493 e. The molecule has 0 aromatic heterocycles. The summed E-state index contributed by atoms with van der Waals surface area (Å²) in [5, 5.41) is 0. The summed E-state index contributed by atoms with van der Waals surface area (Å²) in [7, 11) is 3.23. The van der Waals surface area contributed by atoms with Gasteiger partial charge in [-0.3, -0.25) is 0 Å². The standard InChI is InChI=1S/C12H16BrNO2/c1-8(4-5-14)10-6-9(13)7-11(15-2)12(10)16-3/h6-7H,1,4-5,14H2,2-3H3. The second-order valence-corrected chi connectivity index (χ2v) is 4.25. The summed E-state index contributed by atoms with van der Waals surface area (Å²) in [5.41, 5.74) is 7.40. The predicted octanol–water partition coefficient (Wildman–Crippen LogP) is 2.83. The van der Waals surface area contributed by atoms with Crippen LogP contribution in [0.2, 0.25) is 0 Å². The van der Waals surface area contributed by atoms with Gasteiger partial charge in [0.1, 0.15) is 0 Å². The van der Waals surface area contributed by atoms with E-state index in [9.17, 15) is 0 Å². The Kier molecular flexibility index (Phi) is 4.83. The van der Waals surface area contributed by atoms with Gasteiger partial charge in [0.15, 0.2) is 11.5 Å². The van der Waals surface area contributed by atoms with E-state index in [1.165, 1.54) is 0 Å². The summed E-state index contributed by atoms with van der Waals surface area (Å²) < 4.78 is 11.5. The molecule has 0 saturated heterocycles. The summed E-state index contributed by atoms with van der Waals surface area (Å²) in [6.07, 6.45) is 0.732. The molecular weight excluding hydrogens is 270 g/mol. The van der Waals surface area contributed by atoms with Gasteiger partial charge in [-0.1, -0.05) is 22.5 Å². The molecule has 0 spiro atoms. The van der Waals surface area contributed by atoms with Crippen LogP contribution in [0.15, 0.2) is 23.2 Å². The fourth-order valence-corrected chi connectivity index (χ4v) is 1.94. The van der Waals surface area contributed by atoms with Crippen LogP contribution in [-0.2, 0) is 0 Å². The average molecular weight is 286 g/mol. The monoisotopic (exact) mass is 285 g/mol. The minimum absolute atomic E-state index is 0.566. The first-order valence-electron chi connectivity index (χ1n) is 4.93. The fourth-order valence-electron chi connectivity index (χ4n) is 1.50. The molecule has 0 heterocycles. The zero-order valence-electron chi connectivity index (χ0n) is 9.55. The van der Waals surface area contributed by atoms with E-state index in [-0.39, 0.29) is 0 Å². The molecule has 3 nitrogen and oxygen atoms in total. The van der Waals surface area contributed by atoms with Gasteiger partial charge in [0.25, 0.3) is 0 Å². The highest BCUT2D eigenvalue weighted by molar-refractivity contribution is 9.10. The van der Waals surface area contributed by atoms with Crippen LogP contribution in [0.3, 0.4) is 0 Å². The van der Waals surface area contributed by atoms with Crippen LogP contribution in [-0.4, -0.2) is 20.8 Å². The molecule has 0 aliphatic rings. The Morgan fingerprint density at radius 1 is 1.38 bits per heavy atom. The van der Waals surface area contributed by atoms with Crippen LogP contribution < -0.4 is 15.2 Å². The normalized spacial score (nSPS) is 10.0. The van der Waals surface area contributed by atoms with Gasteiger partial charge < -0.3 is 15.2 Å². The highest BCUT2D eigenvalue weighted by Gasteiger charge is 2.13. The van der Waals surface area contributed by atoms with Crippen LogP contribution in [0.25, 0.3) is 5.57 Å². The topological polar surface area (TPSA) is 44.5 Å². The zero-order valence-corrected chi connectivity index (χ0v) is 11.1. The van der Waals surface area contributed by atoms with Crippen LogP contribution in [0.1, 0.15) is 12.0 Å². The molecule has 0 radical (unpaired) electrons. The Morgan fingerprint density at radius 2 is 2.06 bits per heavy atom. The second kappa shape index (κ2) is 5.92. The van der Waals surface area contributed by atoms with Gasteiger partial charge in [-0.25, -0.2) is 0 Å². The molecule has 1 rings (SSSR count). The van der Waals surface area contributed by atoms with Gasteiger partial charge in [0.2, 0.25) is 0 Å². The molecule has 2 N–H and O–H groups in total. The summed E-state index contributed by atoms with van der Waals surface area (Å²) >= 11 is 3.43. The summed E-state index contributed by atoms with van der Waals surface area (Å²) in [5.74, 6) is 1.38. The van der Waals surface area contributed by atoms with Crippen LogP contribution in [0, 0.1) is 0 Å². The predicted molar refractivity (Wildman–Crippen MR) is 70.0 cm³/mol. The van der Waals surface area contributed by atoms with Gasteiger partial charge in [-0.05, 0) is 30.7 Å². The quantitative estimate of drug-likeness (QED) is 0.905. The van der Waals surface area contributed by atoms with Crippen molar-refractivity contribution in [2.24, 2.45) is 5.73 Å². The first kappa shape index (κ1) is 13.1. The molecule has 1 aromatic carbocycles. The summed E-state index contributed by atoms with van der Waals surface area (Å²) in [6, 6.07) is 3.82. The van der Waals surface area contributed by atoms with Gasteiger partial charge in [-0.15, -0.1) is 0 Å². The van der Waals surface area contributed by atoms with Crippen molar-refractivity contribution in [3.8, 4) is 11.5 Å². The molecular formula is C12H16BrNO2. The Labute approximate surface area is 104 Å². The highest BCUT2D eigenvalue weighted by atomic mass is 79.9. The number of ether oxygens (including phenoxy) is 2. The van der Waals surface area contributed by atoms with E-state index in [0.717, 1.165) is 22.0 Å². The van der Waals surface area contributed by atoms with Crippen molar-refractivity contribution in [1.29, 1.82) is 0 Å². The number of hydrogen-bond donors (Lipinski definition) is 1. The third-order valence-electron chi connectivity index (χ3n) is 2.27. The van der Waals surface area contributed by atoms with Gasteiger partial charge in [-0.2, -0.15) is 0 Å². The van der Waals surface area contributed by atoms with E-state index in [4.69, 9.17) is 15.2 Å². The third-order valence-corrected chi connectivity index (χ3v) is 2.73. The van der Waals surface area contributed by atoms with E-state index < -0.39 is 0 Å². The first-order valence-corrected chi connectivity index (χ1v) is 5.73. The first-order chi connectivity index (χ1) is 7.63. The van der Waals surface area contributed by atoms with Crippen molar-refractivity contribution >= 4 is 21.5 Å². The molecule has 0 bridgehead atoms. The number of hydrogen-bond acceptors (Lipinski definition) is 3. The van der Waals surface area contributed by atoms with Crippen LogP contribution >= 0.6 is 15.9 Å². The lowest BCUT2D eigenvalue weighted by atomic mass is 10.0. The van der Waals surface area contributed by atoms with Crippen LogP contribution in [0.5, 0.6) is 11.5 Å². The van der Waals surface area contributed by atoms with E-state index >= 15 is 0 Å². The Morgan fingerprint density at radius 3 is 2.56 bits per heavy atom. The molecule has 0 saturated carbocycles.